The summed E-state index contributed by atoms with van der Waals surface area (Å²) in [5.41, 5.74) is 2.56. The van der Waals surface area contributed by atoms with Gasteiger partial charge in [-0.15, -0.1) is 0 Å². The molecule has 0 aliphatic heterocycles. The van der Waals surface area contributed by atoms with Gasteiger partial charge in [0.1, 0.15) is 17.3 Å². The molecule has 1 atom stereocenters. The predicted molar refractivity (Wildman–Crippen MR) is 95.3 cm³/mol. The first-order valence-electron chi connectivity index (χ1n) is 8.49. The molecule has 2 aromatic rings. The average molecular weight is 310 g/mol. The molecule has 0 saturated carbocycles. The van der Waals surface area contributed by atoms with Gasteiger partial charge in [-0.25, -0.2) is 0 Å². The molecule has 2 rings (SSSR count). The van der Waals surface area contributed by atoms with Gasteiger partial charge in [0.15, 0.2) is 0 Å². The van der Waals surface area contributed by atoms with Gasteiger partial charge in [0.2, 0.25) is 0 Å². The van der Waals surface area contributed by atoms with Gasteiger partial charge >= 0.3 is 0 Å². The van der Waals surface area contributed by atoms with Gasteiger partial charge in [-0.3, -0.25) is 4.79 Å². The molecule has 2 aromatic carbocycles. The topological polar surface area (TPSA) is 26.3 Å². The Kier molecular flexibility index (Phi) is 6.40. The highest BCUT2D eigenvalue weighted by atomic mass is 16.5. The number of Topliss-reactive ketones (excluding diaryl/α,β-unsaturated/α-hetero) is 1. The fourth-order valence-corrected chi connectivity index (χ4v) is 2.89. The van der Waals surface area contributed by atoms with Crippen LogP contribution in [0.3, 0.4) is 0 Å². The van der Waals surface area contributed by atoms with E-state index < -0.39 is 0 Å². The van der Waals surface area contributed by atoms with Gasteiger partial charge in [0.05, 0.1) is 0 Å². The average Bonchev–Trinajstić information content (AvgIpc) is 2.57. The van der Waals surface area contributed by atoms with Crippen LogP contribution in [-0.4, -0.2) is 5.78 Å². The van der Waals surface area contributed by atoms with Gasteiger partial charge in [-0.2, -0.15) is 0 Å². The standard InChI is InChI=1S/C21H26O2/c1-4-17(11-12-18(22)5-2)21-14-13-20(15-16(21)3)23-19-9-7-6-8-10-19/h6-10,13-15,17H,4-5,11-12H2,1-3H3. The lowest BCUT2D eigenvalue weighted by Crippen LogP contribution is -2.04. The molecule has 0 heterocycles. The molecule has 0 fully saturated rings. The number of benzene rings is 2. The largest absolute Gasteiger partial charge is 0.457 e. The summed E-state index contributed by atoms with van der Waals surface area (Å²) in [6, 6.07) is 16.1. The normalized spacial score (nSPS) is 12.0. The van der Waals surface area contributed by atoms with E-state index in [2.05, 4.69) is 26.0 Å². The Morgan fingerprint density at radius 1 is 1.04 bits per heavy atom. The SMILES string of the molecule is CCC(=O)CCC(CC)c1ccc(Oc2ccccc2)cc1C. The molecule has 2 heteroatoms. The fraction of sp³-hybridized carbons (Fsp3) is 0.381. The zero-order valence-electron chi connectivity index (χ0n) is 14.3. The Bertz CT molecular complexity index is 632. The summed E-state index contributed by atoms with van der Waals surface area (Å²) in [6.07, 6.45) is 3.30. The van der Waals surface area contributed by atoms with Crippen molar-refractivity contribution in [3.8, 4) is 11.5 Å². The second-order valence-electron chi connectivity index (χ2n) is 5.97. The first-order chi connectivity index (χ1) is 11.1. The quantitative estimate of drug-likeness (QED) is 0.594. The van der Waals surface area contributed by atoms with Crippen molar-refractivity contribution in [2.75, 3.05) is 0 Å². The molecule has 0 bridgehead atoms. The molecular weight excluding hydrogens is 284 g/mol. The van der Waals surface area contributed by atoms with Crippen LogP contribution in [0.2, 0.25) is 0 Å². The molecule has 0 aromatic heterocycles. The summed E-state index contributed by atoms with van der Waals surface area (Å²) < 4.78 is 5.89. The fourth-order valence-electron chi connectivity index (χ4n) is 2.89. The predicted octanol–water partition coefficient (Wildman–Crippen LogP) is 6.04. The van der Waals surface area contributed by atoms with Gasteiger partial charge in [-0.1, -0.05) is 38.1 Å². The van der Waals surface area contributed by atoms with Crippen LogP contribution in [-0.2, 0) is 4.79 Å². The van der Waals surface area contributed by atoms with E-state index in [1.165, 1.54) is 11.1 Å². The first kappa shape index (κ1) is 17.3. The maximum absolute atomic E-state index is 11.6. The van der Waals surface area contributed by atoms with E-state index in [9.17, 15) is 4.79 Å². The minimum atomic E-state index is 0.352. The summed E-state index contributed by atoms with van der Waals surface area (Å²) in [7, 11) is 0. The Morgan fingerprint density at radius 2 is 1.78 bits per heavy atom. The van der Waals surface area contributed by atoms with Crippen molar-refractivity contribution in [2.45, 2.75) is 52.4 Å². The van der Waals surface area contributed by atoms with Crippen LogP contribution in [0.15, 0.2) is 48.5 Å². The van der Waals surface area contributed by atoms with Crippen molar-refractivity contribution in [1.29, 1.82) is 0 Å². The Morgan fingerprint density at radius 3 is 2.39 bits per heavy atom. The van der Waals surface area contributed by atoms with Crippen molar-refractivity contribution in [3.63, 3.8) is 0 Å². The van der Waals surface area contributed by atoms with E-state index >= 15 is 0 Å². The number of rotatable bonds is 8. The number of carbonyl (C=O) groups excluding carboxylic acids is 1. The molecule has 2 nitrogen and oxygen atoms in total. The highest BCUT2D eigenvalue weighted by Crippen LogP contribution is 2.31. The third-order valence-corrected chi connectivity index (χ3v) is 4.32. The van der Waals surface area contributed by atoms with Gasteiger partial charge in [0, 0.05) is 12.8 Å². The summed E-state index contributed by atoms with van der Waals surface area (Å²) in [5.74, 6) is 2.50. The van der Waals surface area contributed by atoms with E-state index in [1.807, 2.05) is 43.3 Å². The number of hydrogen-bond acceptors (Lipinski definition) is 2. The van der Waals surface area contributed by atoms with E-state index in [0.717, 1.165) is 24.3 Å². The van der Waals surface area contributed by atoms with Crippen molar-refractivity contribution < 1.29 is 9.53 Å². The number of aryl methyl sites for hydroxylation is 1. The van der Waals surface area contributed by atoms with Crippen molar-refractivity contribution >= 4 is 5.78 Å². The third kappa shape index (κ3) is 4.95. The second-order valence-corrected chi connectivity index (χ2v) is 5.97. The van der Waals surface area contributed by atoms with Gasteiger partial charge in [-0.05, 0) is 61.1 Å². The number of ketones is 1. The molecule has 0 N–H and O–H groups in total. The van der Waals surface area contributed by atoms with Gasteiger partial charge in [0.25, 0.3) is 0 Å². The summed E-state index contributed by atoms with van der Waals surface area (Å²) in [6.45, 7) is 6.25. The van der Waals surface area contributed by atoms with Crippen molar-refractivity contribution in [3.05, 3.63) is 59.7 Å². The molecule has 0 aliphatic carbocycles. The highest BCUT2D eigenvalue weighted by Gasteiger charge is 2.14. The van der Waals surface area contributed by atoms with Crippen LogP contribution in [0.4, 0.5) is 0 Å². The number of hydrogen-bond donors (Lipinski definition) is 0. The van der Waals surface area contributed by atoms with Crippen LogP contribution < -0.4 is 4.74 Å². The lowest BCUT2D eigenvalue weighted by molar-refractivity contribution is -0.118. The van der Waals surface area contributed by atoms with E-state index in [-0.39, 0.29) is 0 Å². The van der Waals surface area contributed by atoms with Crippen LogP contribution in [0, 0.1) is 6.92 Å². The van der Waals surface area contributed by atoms with E-state index in [1.54, 1.807) is 0 Å². The molecule has 0 radical (unpaired) electrons. The Balaban J connectivity index is 2.09. The number of carbonyl (C=O) groups is 1. The minimum Gasteiger partial charge on any atom is -0.457 e. The lowest BCUT2D eigenvalue weighted by Gasteiger charge is -2.18. The molecule has 0 saturated heterocycles. The lowest BCUT2D eigenvalue weighted by atomic mass is 9.88. The second kappa shape index (κ2) is 8.52. The third-order valence-electron chi connectivity index (χ3n) is 4.32. The molecule has 0 aliphatic rings. The summed E-state index contributed by atoms with van der Waals surface area (Å²) in [4.78, 5) is 11.6. The maximum Gasteiger partial charge on any atom is 0.132 e. The smallest absolute Gasteiger partial charge is 0.132 e. The molecule has 122 valence electrons. The van der Waals surface area contributed by atoms with Crippen LogP contribution >= 0.6 is 0 Å². The Hall–Kier alpha value is -2.09. The molecule has 23 heavy (non-hydrogen) atoms. The van der Waals surface area contributed by atoms with Gasteiger partial charge < -0.3 is 4.74 Å². The van der Waals surface area contributed by atoms with Crippen LogP contribution in [0.5, 0.6) is 11.5 Å². The number of para-hydroxylation sites is 1. The summed E-state index contributed by atoms with van der Waals surface area (Å²) in [5, 5.41) is 0. The summed E-state index contributed by atoms with van der Waals surface area (Å²) >= 11 is 0. The van der Waals surface area contributed by atoms with Crippen LogP contribution in [0.25, 0.3) is 0 Å². The van der Waals surface area contributed by atoms with E-state index in [0.29, 0.717) is 24.5 Å². The minimum absolute atomic E-state index is 0.352. The van der Waals surface area contributed by atoms with Crippen molar-refractivity contribution in [2.24, 2.45) is 0 Å². The van der Waals surface area contributed by atoms with E-state index in [4.69, 9.17) is 4.74 Å². The molecular formula is C21H26O2. The molecule has 1 unspecified atom stereocenters. The zero-order valence-corrected chi connectivity index (χ0v) is 14.3. The number of ether oxygens (including phenoxy) is 1. The van der Waals surface area contributed by atoms with Crippen molar-refractivity contribution in [1.82, 2.24) is 0 Å². The first-order valence-corrected chi connectivity index (χ1v) is 8.49. The molecule has 0 spiro atoms. The highest BCUT2D eigenvalue weighted by molar-refractivity contribution is 5.78. The maximum atomic E-state index is 11.6. The Labute approximate surface area is 139 Å². The van der Waals surface area contributed by atoms with Crippen LogP contribution in [0.1, 0.15) is 56.6 Å². The zero-order chi connectivity index (χ0) is 16.7. The monoisotopic (exact) mass is 310 g/mol. The molecule has 0 amide bonds.